The summed E-state index contributed by atoms with van der Waals surface area (Å²) in [5, 5.41) is 7.41. The lowest BCUT2D eigenvalue weighted by atomic mass is 9.88. The standard InChI is InChI=1S/C60H41N/c1-5-17-42(18-6-1)43-31-34-50(35-32-43)61(59-38-37-52(44-19-7-2-8-20-44)54-27-15-16-28-55(54)59)60-41-57(45-21-9-3-10-22-45)56(40-58(60)46-23-11-4-12-24-46)49-33-36-53-48(39-49)30-29-47-25-13-14-26-51(47)53/h1-41H. The topological polar surface area (TPSA) is 3.24 Å². The number of rotatable bonds is 8. The van der Waals surface area contributed by atoms with Crippen molar-refractivity contribution in [3.05, 3.63) is 249 Å². The van der Waals surface area contributed by atoms with E-state index in [9.17, 15) is 0 Å². The second-order valence-corrected chi connectivity index (χ2v) is 15.7. The molecule has 286 valence electrons. The second-order valence-electron chi connectivity index (χ2n) is 15.7. The summed E-state index contributed by atoms with van der Waals surface area (Å²) >= 11 is 0. The molecule has 0 bridgehead atoms. The Morgan fingerprint density at radius 2 is 0.689 bits per heavy atom. The highest BCUT2D eigenvalue weighted by Gasteiger charge is 2.24. The average Bonchev–Trinajstić information content (AvgIpc) is 3.35. The van der Waals surface area contributed by atoms with Gasteiger partial charge in [0.25, 0.3) is 0 Å². The summed E-state index contributed by atoms with van der Waals surface area (Å²) < 4.78 is 0. The Morgan fingerprint density at radius 3 is 1.36 bits per heavy atom. The maximum absolute atomic E-state index is 2.48. The Morgan fingerprint density at radius 1 is 0.213 bits per heavy atom. The molecule has 0 amide bonds. The van der Waals surface area contributed by atoms with Gasteiger partial charge in [-0.25, -0.2) is 0 Å². The van der Waals surface area contributed by atoms with E-state index in [1.807, 2.05) is 0 Å². The van der Waals surface area contributed by atoms with Crippen LogP contribution in [0.2, 0.25) is 0 Å². The lowest BCUT2D eigenvalue weighted by molar-refractivity contribution is 1.30. The second kappa shape index (κ2) is 15.6. The Labute approximate surface area is 357 Å². The zero-order valence-corrected chi connectivity index (χ0v) is 33.6. The molecule has 0 aliphatic rings. The lowest BCUT2D eigenvalue weighted by Gasteiger charge is -2.31. The minimum atomic E-state index is 1.08. The third-order valence-corrected chi connectivity index (χ3v) is 12.1. The summed E-state index contributed by atoms with van der Waals surface area (Å²) in [7, 11) is 0. The van der Waals surface area contributed by atoms with Crippen molar-refractivity contribution in [1.29, 1.82) is 0 Å². The van der Waals surface area contributed by atoms with Gasteiger partial charge in [0.05, 0.1) is 11.4 Å². The van der Waals surface area contributed by atoms with Crippen LogP contribution >= 0.6 is 0 Å². The number of hydrogen-bond acceptors (Lipinski definition) is 1. The molecule has 61 heavy (non-hydrogen) atoms. The van der Waals surface area contributed by atoms with Crippen molar-refractivity contribution < 1.29 is 0 Å². The first-order chi connectivity index (χ1) is 30.3. The molecule has 0 saturated heterocycles. The highest BCUT2D eigenvalue weighted by atomic mass is 15.1. The zero-order chi connectivity index (χ0) is 40.5. The van der Waals surface area contributed by atoms with Crippen molar-refractivity contribution in [2.75, 3.05) is 4.90 Å². The molecule has 0 fully saturated rings. The molecule has 0 N–H and O–H groups in total. The van der Waals surface area contributed by atoms with Crippen LogP contribution in [0, 0.1) is 0 Å². The number of nitrogens with zero attached hydrogens (tertiary/aromatic N) is 1. The number of fused-ring (bicyclic) bond motifs is 4. The predicted molar refractivity (Wildman–Crippen MR) is 261 cm³/mol. The van der Waals surface area contributed by atoms with Crippen LogP contribution in [0.5, 0.6) is 0 Å². The van der Waals surface area contributed by atoms with Gasteiger partial charge in [0, 0.05) is 16.6 Å². The quantitative estimate of drug-likeness (QED) is 0.139. The third-order valence-electron chi connectivity index (χ3n) is 12.1. The molecule has 0 radical (unpaired) electrons. The van der Waals surface area contributed by atoms with Gasteiger partial charge in [0.1, 0.15) is 0 Å². The van der Waals surface area contributed by atoms with Crippen molar-refractivity contribution in [3.8, 4) is 55.6 Å². The van der Waals surface area contributed by atoms with E-state index in [0.717, 1.165) is 28.2 Å². The molecule has 11 aromatic rings. The lowest BCUT2D eigenvalue weighted by Crippen LogP contribution is -2.12. The number of anilines is 3. The smallest absolute Gasteiger partial charge is 0.0546 e. The SMILES string of the molecule is c1ccc(-c2ccc(N(c3cc(-c4ccccc4)c(-c4ccc5c(ccc6ccccc65)c4)cc3-c3ccccc3)c3ccc(-c4ccccc4)c4ccccc34)cc2)cc1. The molecule has 0 spiro atoms. The molecule has 0 heterocycles. The maximum Gasteiger partial charge on any atom is 0.0546 e. The fraction of sp³-hybridized carbons (Fsp3) is 0. The summed E-state index contributed by atoms with van der Waals surface area (Å²) in [6.07, 6.45) is 0. The van der Waals surface area contributed by atoms with Crippen molar-refractivity contribution in [3.63, 3.8) is 0 Å². The van der Waals surface area contributed by atoms with Crippen molar-refractivity contribution in [2.45, 2.75) is 0 Å². The van der Waals surface area contributed by atoms with Crippen molar-refractivity contribution in [2.24, 2.45) is 0 Å². The summed E-state index contributed by atoms with van der Waals surface area (Å²) in [5.41, 5.74) is 15.1. The van der Waals surface area contributed by atoms with Crippen LogP contribution in [-0.2, 0) is 0 Å². The molecule has 0 atom stereocenters. The van der Waals surface area contributed by atoms with E-state index < -0.39 is 0 Å². The van der Waals surface area contributed by atoms with Crippen LogP contribution in [0.4, 0.5) is 17.1 Å². The normalized spacial score (nSPS) is 11.3. The van der Waals surface area contributed by atoms with E-state index in [1.165, 1.54) is 76.8 Å². The molecule has 0 aromatic heterocycles. The Bertz CT molecular complexity index is 3320. The van der Waals surface area contributed by atoms with Crippen molar-refractivity contribution in [1.82, 2.24) is 0 Å². The van der Waals surface area contributed by atoms with Crippen LogP contribution in [0.3, 0.4) is 0 Å². The first-order valence-corrected chi connectivity index (χ1v) is 21.0. The molecule has 0 aliphatic carbocycles. The first kappa shape index (κ1) is 36.1. The molecule has 11 rings (SSSR count). The minimum absolute atomic E-state index is 1.08. The van der Waals surface area contributed by atoms with E-state index >= 15 is 0 Å². The van der Waals surface area contributed by atoms with E-state index in [4.69, 9.17) is 0 Å². The fourth-order valence-electron chi connectivity index (χ4n) is 9.09. The van der Waals surface area contributed by atoms with Gasteiger partial charge in [-0.05, 0) is 113 Å². The largest absolute Gasteiger partial charge is 0.309 e. The van der Waals surface area contributed by atoms with E-state index in [1.54, 1.807) is 0 Å². The fourth-order valence-corrected chi connectivity index (χ4v) is 9.09. The van der Waals surface area contributed by atoms with Crippen LogP contribution in [0.25, 0.3) is 88.0 Å². The summed E-state index contributed by atoms with van der Waals surface area (Å²) in [6.45, 7) is 0. The Balaban J connectivity index is 1.20. The van der Waals surface area contributed by atoms with Gasteiger partial charge in [-0.1, -0.05) is 212 Å². The van der Waals surface area contributed by atoms with Gasteiger partial charge in [-0.2, -0.15) is 0 Å². The molecule has 1 nitrogen and oxygen atoms in total. The summed E-state index contributed by atoms with van der Waals surface area (Å²) in [4.78, 5) is 2.48. The van der Waals surface area contributed by atoms with Gasteiger partial charge in [-0.15, -0.1) is 0 Å². The van der Waals surface area contributed by atoms with Gasteiger partial charge >= 0.3 is 0 Å². The average molecular weight is 776 g/mol. The summed E-state index contributed by atoms with van der Waals surface area (Å²) in [6, 6.07) is 90.7. The summed E-state index contributed by atoms with van der Waals surface area (Å²) in [5.74, 6) is 0. The molecule has 0 aliphatic heterocycles. The van der Waals surface area contributed by atoms with Crippen LogP contribution < -0.4 is 4.90 Å². The highest BCUT2D eigenvalue weighted by Crippen LogP contribution is 2.49. The van der Waals surface area contributed by atoms with Crippen LogP contribution in [0.15, 0.2) is 249 Å². The molecule has 0 unspecified atom stereocenters. The predicted octanol–water partition coefficient (Wildman–Crippen LogP) is 17.0. The third kappa shape index (κ3) is 6.73. The van der Waals surface area contributed by atoms with Crippen molar-refractivity contribution >= 4 is 49.4 Å². The van der Waals surface area contributed by atoms with Crippen LogP contribution in [-0.4, -0.2) is 0 Å². The van der Waals surface area contributed by atoms with Gasteiger partial charge in [-0.3, -0.25) is 0 Å². The molecule has 0 saturated carbocycles. The molecule has 1 heteroatoms. The van der Waals surface area contributed by atoms with E-state index in [2.05, 4.69) is 254 Å². The zero-order valence-electron chi connectivity index (χ0n) is 33.6. The minimum Gasteiger partial charge on any atom is -0.309 e. The maximum atomic E-state index is 2.48. The van der Waals surface area contributed by atoms with E-state index in [0.29, 0.717) is 0 Å². The number of hydrogen-bond donors (Lipinski definition) is 0. The van der Waals surface area contributed by atoms with Gasteiger partial charge < -0.3 is 4.90 Å². The van der Waals surface area contributed by atoms with Gasteiger partial charge in [0.15, 0.2) is 0 Å². The van der Waals surface area contributed by atoms with E-state index in [-0.39, 0.29) is 0 Å². The molecular weight excluding hydrogens is 735 g/mol. The number of benzene rings is 11. The molecular formula is C60H41N. The van der Waals surface area contributed by atoms with Crippen LogP contribution in [0.1, 0.15) is 0 Å². The Kier molecular flexibility index (Phi) is 9.26. The van der Waals surface area contributed by atoms with Gasteiger partial charge in [0.2, 0.25) is 0 Å². The Hall–Kier alpha value is -8.00. The first-order valence-electron chi connectivity index (χ1n) is 21.0. The monoisotopic (exact) mass is 775 g/mol. The highest BCUT2D eigenvalue weighted by molar-refractivity contribution is 6.10. The molecule has 11 aromatic carbocycles.